The Morgan fingerprint density at radius 2 is 1.93 bits per heavy atom. The smallest absolute Gasteiger partial charge is 0.237 e. The molecule has 1 aliphatic rings. The number of ether oxygens (including phenoxy) is 1. The molecule has 0 bridgehead atoms. The molecular formula is C23H31N3O2. The van der Waals surface area contributed by atoms with Gasteiger partial charge in [0.1, 0.15) is 0 Å². The van der Waals surface area contributed by atoms with Crippen molar-refractivity contribution >= 4 is 5.91 Å². The Balaban J connectivity index is 1.62. The van der Waals surface area contributed by atoms with Crippen molar-refractivity contribution in [1.29, 1.82) is 0 Å². The Morgan fingerprint density at radius 3 is 2.68 bits per heavy atom. The number of hydrogen-bond acceptors (Lipinski definition) is 4. The lowest BCUT2D eigenvalue weighted by atomic mass is 10.1. The van der Waals surface area contributed by atoms with Crippen LogP contribution in [-0.4, -0.2) is 49.7 Å². The van der Waals surface area contributed by atoms with Gasteiger partial charge in [-0.15, -0.1) is 0 Å². The van der Waals surface area contributed by atoms with Crippen LogP contribution in [0.15, 0.2) is 54.6 Å². The molecule has 2 aromatic rings. The van der Waals surface area contributed by atoms with E-state index in [-0.39, 0.29) is 11.9 Å². The molecule has 2 aromatic carbocycles. The van der Waals surface area contributed by atoms with Gasteiger partial charge in [0, 0.05) is 39.3 Å². The van der Waals surface area contributed by atoms with E-state index in [4.69, 9.17) is 4.74 Å². The van der Waals surface area contributed by atoms with E-state index in [2.05, 4.69) is 58.9 Å². The molecule has 2 atom stereocenters. The molecule has 5 heteroatoms. The number of nitrogens with zero attached hydrogens (tertiary/aromatic N) is 1. The fourth-order valence-electron chi connectivity index (χ4n) is 3.80. The highest BCUT2D eigenvalue weighted by Crippen LogP contribution is 2.21. The van der Waals surface area contributed by atoms with Crippen molar-refractivity contribution in [1.82, 2.24) is 15.5 Å². The Labute approximate surface area is 168 Å². The number of hydrogen-bond donors (Lipinski definition) is 2. The molecule has 2 N–H and O–H groups in total. The predicted octanol–water partition coefficient (Wildman–Crippen LogP) is 2.49. The zero-order chi connectivity index (χ0) is 19.8. The van der Waals surface area contributed by atoms with Gasteiger partial charge in [-0.1, -0.05) is 60.2 Å². The molecule has 0 spiro atoms. The molecule has 0 saturated carbocycles. The quantitative estimate of drug-likeness (QED) is 0.656. The zero-order valence-corrected chi connectivity index (χ0v) is 16.9. The van der Waals surface area contributed by atoms with Crippen LogP contribution in [-0.2, 0) is 22.6 Å². The summed E-state index contributed by atoms with van der Waals surface area (Å²) in [5, 5.41) is 6.66. The third-order valence-electron chi connectivity index (χ3n) is 5.22. The number of carbonyl (C=O) groups excluding carboxylic acids is 1. The highest BCUT2D eigenvalue weighted by Gasteiger charge is 2.36. The minimum absolute atomic E-state index is 0.0906. The first-order valence-corrected chi connectivity index (χ1v) is 9.99. The summed E-state index contributed by atoms with van der Waals surface area (Å²) in [6.45, 7) is 5.66. The first-order chi connectivity index (χ1) is 13.7. The van der Waals surface area contributed by atoms with Gasteiger partial charge in [0.15, 0.2) is 0 Å². The van der Waals surface area contributed by atoms with Crippen LogP contribution < -0.4 is 10.6 Å². The monoisotopic (exact) mass is 381 g/mol. The van der Waals surface area contributed by atoms with E-state index in [1.165, 1.54) is 16.7 Å². The van der Waals surface area contributed by atoms with Gasteiger partial charge in [-0.2, -0.15) is 0 Å². The normalized spacial score (nSPS) is 19.6. The van der Waals surface area contributed by atoms with Crippen molar-refractivity contribution in [2.24, 2.45) is 0 Å². The Kier molecular flexibility index (Phi) is 7.60. The van der Waals surface area contributed by atoms with Crippen molar-refractivity contribution in [2.75, 3.05) is 26.8 Å². The van der Waals surface area contributed by atoms with Gasteiger partial charge in [-0.3, -0.25) is 9.69 Å². The van der Waals surface area contributed by atoms with E-state index in [9.17, 15) is 4.79 Å². The average Bonchev–Trinajstić information content (AvgIpc) is 3.10. The molecule has 150 valence electrons. The molecule has 0 aromatic heterocycles. The molecule has 3 rings (SSSR count). The summed E-state index contributed by atoms with van der Waals surface area (Å²) < 4.78 is 5.06. The summed E-state index contributed by atoms with van der Waals surface area (Å²) >= 11 is 0. The molecule has 5 nitrogen and oxygen atoms in total. The number of aryl methyl sites for hydroxylation is 1. The first kappa shape index (κ1) is 20.5. The number of methoxy groups -OCH3 is 1. The summed E-state index contributed by atoms with van der Waals surface area (Å²) in [5.41, 5.74) is 3.78. The average molecular weight is 382 g/mol. The van der Waals surface area contributed by atoms with E-state index in [1.54, 1.807) is 7.11 Å². The van der Waals surface area contributed by atoms with Gasteiger partial charge in [0.05, 0.1) is 12.6 Å². The zero-order valence-electron chi connectivity index (χ0n) is 16.9. The SMILES string of the molecule is COCCNC(=O)[C@@H]1C[C@H](NCc2cccc(C)c2)CN1Cc1ccccc1. The van der Waals surface area contributed by atoms with E-state index < -0.39 is 0 Å². The molecule has 1 amide bonds. The number of likely N-dealkylation sites (tertiary alicyclic amines) is 1. The third-order valence-corrected chi connectivity index (χ3v) is 5.22. The summed E-state index contributed by atoms with van der Waals surface area (Å²) in [5.74, 6) is 0.0906. The lowest BCUT2D eigenvalue weighted by Gasteiger charge is -2.23. The van der Waals surface area contributed by atoms with Crippen molar-refractivity contribution in [3.05, 3.63) is 71.3 Å². The van der Waals surface area contributed by atoms with Crippen molar-refractivity contribution in [2.45, 2.75) is 38.5 Å². The van der Waals surface area contributed by atoms with Crippen LogP contribution in [0.25, 0.3) is 0 Å². The Morgan fingerprint density at radius 1 is 1.14 bits per heavy atom. The third kappa shape index (κ3) is 5.89. The molecule has 0 unspecified atom stereocenters. The van der Waals surface area contributed by atoms with Gasteiger partial charge < -0.3 is 15.4 Å². The van der Waals surface area contributed by atoms with Crippen LogP contribution in [0.1, 0.15) is 23.1 Å². The van der Waals surface area contributed by atoms with Gasteiger partial charge in [0.2, 0.25) is 5.91 Å². The molecule has 0 radical (unpaired) electrons. The van der Waals surface area contributed by atoms with E-state index in [1.807, 2.05) is 18.2 Å². The molecule has 0 aliphatic carbocycles. The number of nitrogens with one attached hydrogen (secondary N) is 2. The minimum atomic E-state index is -0.118. The topological polar surface area (TPSA) is 53.6 Å². The molecule has 1 saturated heterocycles. The van der Waals surface area contributed by atoms with Gasteiger partial charge in [0.25, 0.3) is 0 Å². The van der Waals surface area contributed by atoms with Crippen LogP contribution in [0.2, 0.25) is 0 Å². The summed E-state index contributed by atoms with van der Waals surface area (Å²) in [4.78, 5) is 15.0. The molecule has 1 heterocycles. The summed E-state index contributed by atoms with van der Waals surface area (Å²) in [6, 6.07) is 19.1. The fraction of sp³-hybridized carbons (Fsp3) is 0.435. The molecular weight excluding hydrogens is 350 g/mol. The molecule has 28 heavy (non-hydrogen) atoms. The lowest BCUT2D eigenvalue weighted by Crippen LogP contribution is -2.43. The maximum Gasteiger partial charge on any atom is 0.237 e. The lowest BCUT2D eigenvalue weighted by molar-refractivity contribution is -0.125. The predicted molar refractivity (Wildman–Crippen MR) is 112 cm³/mol. The van der Waals surface area contributed by atoms with Crippen molar-refractivity contribution in [3.63, 3.8) is 0 Å². The maximum absolute atomic E-state index is 12.7. The van der Waals surface area contributed by atoms with Gasteiger partial charge in [-0.05, 0) is 24.5 Å². The summed E-state index contributed by atoms with van der Waals surface area (Å²) in [7, 11) is 1.65. The summed E-state index contributed by atoms with van der Waals surface area (Å²) in [6.07, 6.45) is 0.817. The number of amides is 1. The van der Waals surface area contributed by atoms with E-state index >= 15 is 0 Å². The number of benzene rings is 2. The van der Waals surface area contributed by atoms with Crippen molar-refractivity contribution in [3.8, 4) is 0 Å². The second-order valence-corrected chi connectivity index (χ2v) is 7.52. The number of carbonyl (C=O) groups is 1. The first-order valence-electron chi connectivity index (χ1n) is 9.99. The highest BCUT2D eigenvalue weighted by atomic mass is 16.5. The second kappa shape index (κ2) is 10.4. The largest absolute Gasteiger partial charge is 0.383 e. The Hall–Kier alpha value is -2.21. The van der Waals surface area contributed by atoms with Gasteiger partial charge in [-0.25, -0.2) is 0 Å². The van der Waals surface area contributed by atoms with Crippen LogP contribution in [0, 0.1) is 6.92 Å². The minimum Gasteiger partial charge on any atom is -0.383 e. The Bertz CT molecular complexity index is 751. The van der Waals surface area contributed by atoms with Crippen LogP contribution in [0.3, 0.4) is 0 Å². The standard InChI is InChI=1S/C23H31N3O2/c1-18-7-6-10-20(13-18)15-25-21-14-22(23(27)24-11-12-28-2)26(17-21)16-19-8-4-3-5-9-19/h3-10,13,21-22,25H,11-12,14-17H2,1-2H3,(H,24,27)/t21-,22-/m0/s1. The van der Waals surface area contributed by atoms with E-state index in [0.29, 0.717) is 19.2 Å². The van der Waals surface area contributed by atoms with Gasteiger partial charge >= 0.3 is 0 Å². The molecule has 1 fully saturated rings. The van der Waals surface area contributed by atoms with Crippen LogP contribution in [0.4, 0.5) is 0 Å². The molecule has 1 aliphatic heterocycles. The van der Waals surface area contributed by atoms with Crippen LogP contribution >= 0.6 is 0 Å². The maximum atomic E-state index is 12.7. The van der Waals surface area contributed by atoms with E-state index in [0.717, 1.165) is 26.1 Å². The van der Waals surface area contributed by atoms with Crippen molar-refractivity contribution < 1.29 is 9.53 Å². The number of rotatable bonds is 9. The second-order valence-electron chi connectivity index (χ2n) is 7.52. The highest BCUT2D eigenvalue weighted by molar-refractivity contribution is 5.82. The fourth-order valence-corrected chi connectivity index (χ4v) is 3.80. The van der Waals surface area contributed by atoms with Crippen LogP contribution in [0.5, 0.6) is 0 Å².